The molecule has 1 atom stereocenters. The number of hydrogen-bond acceptors (Lipinski definition) is 6. The van der Waals surface area contributed by atoms with E-state index in [4.69, 9.17) is 14.7 Å². The van der Waals surface area contributed by atoms with E-state index >= 15 is 0 Å². The summed E-state index contributed by atoms with van der Waals surface area (Å²) in [5.41, 5.74) is -0.503. The summed E-state index contributed by atoms with van der Waals surface area (Å²) >= 11 is 0. The molecule has 0 aliphatic carbocycles. The number of carbonyl (C=O) groups excluding carboxylic acids is 3. The Bertz CT molecular complexity index is 1050. The maximum absolute atomic E-state index is 12.9. The van der Waals surface area contributed by atoms with Crippen LogP contribution in [0.2, 0.25) is 0 Å². The lowest BCUT2D eigenvalue weighted by Gasteiger charge is -2.22. The molecule has 1 aliphatic heterocycles. The fourth-order valence-corrected chi connectivity index (χ4v) is 3.29. The van der Waals surface area contributed by atoms with Crippen LogP contribution in [0.3, 0.4) is 0 Å². The summed E-state index contributed by atoms with van der Waals surface area (Å²) in [6.07, 6.45) is 0. The maximum Gasteiger partial charge on any atom is 0.325 e. The van der Waals surface area contributed by atoms with E-state index in [0.29, 0.717) is 23.5 Å². The van der Waals surface area contributed by atoms with Gasteiger partial charge < -0.3 is 20.1 Å². The highest BCUT2D eigenvalue weighted by Crippen LogP contribution is 2.29. The van der Waals surface area contributed by atoms with Gasteiger partial charge in [0.05, 0.1) is 24.8 Å². The molecule has 2 aromatic rings. The number of ether oxygens (including phenoxy) is 2. The fraction of sp³-hybridized carbons (Fsp3) is 0.304. The Labute approximate surface area is 185 Å². The van der Waals surface area contributed by atoms with E-state index in [1.807, 2.05) is 13.0 Å². The number of nitrogens with one attached hydrogen (secondary N) is 2. The highest BCUT2D eigenvalue weighted by molar-refractivity contribution is 6.09. The minimum atomic E-state index is -1.35. The minimum Gasteiger partial charge on any atom is -0.494 e. The van der Waals surface area contributed by atoms with E-state index in [9.17, 15) is 14.4 Å². The summed E-state index contributed by atoms with van der Waals surface area (Å²) in [5, 5.41) is 14.3. The number of rotatable bonds is 9. The first kappa shape index (κ1) is 22.6. The molecule has 0 aromatic heterocycles. The number of imide groups is 1. The molecule has 0 spiro atoms. The number of amides is 4. The van der Waals surface area contributed by atoms with Crippen LogP contribution in [0.1, 0.15) is 25.0 Å². The third kappa shape index (κ3) is 4.98. The molecule has 0 bridgehead atoms. The van der Waals surface area contributed by atoms with Gasteiger partial charge in [-0.05, 0) is 55.8 Å². The van der Waals surface area contributed by atoms with Crippen LogP contribution >= 0.6 is 0 Å². The molecule has 166 valence electrons. The third-order valence-electron chi connectivity index (χ3n) is 4.97. The van der Waals surface area contributed by atoms with Gasteiger partial charge in [-0.3, -0.25) is 14.5 Å². The van der Waals surface area contributed by atoms with Gasteiger partial charge in [-0.2, -0.15) is 5.26 Å². The second-order valence-corrected chi connectivity index (χ2v) is 7.24. The highest BCUT2D eigenvalue weighted by Gasteiger charge is 2.49. The quantitative estimate of drug-likeness (QED) is 0.458. The lowest BCUT2D eigenvalue weighted by molar-refractivity contribution is -0.134. The monoisotopic (exact) mass is 436 g/mol. The average molecular weight is 436 g/mol. The standard InChI is InChI=1S/C23H24N4O5/c1-3-31-18-7-9-19(10-8-18)32-12-11-25-20(28)15-27-21(29)23(2,26-22(27)30)17-6-4-5-16(13-17)14-24/h4-10,13H,3,11-12,15H2,1-2H3,(H,25,28)(H,26,30). The molecule has 4 amide bonds. The predicted molar refractivity (Wildman–Crippen MR) is 115 cm³/mol. The van der Waals surface area contributed by atoms with Gasteiger partial charge in [0.2, 0.25) is 5.91 Å². The van der Waals surface area contributed by atoms with Gasteiger partial charge in [-0.25, -0.2) is 4.79 Å². The Morgan fingerprint density at radius 2 is 1.84 bits per heavy atom. The number of urea groups is 1. The van der Waals surface area contributed by atoms with Crippen molar-refractivity contribution in [3.63, 3.8) is 0 Å². The van der Waals surface area contributed by atoms with Crippen LogP contribution in [0.25, 0.3) is 0 Å². The smallest absolute Gasteiger partial charge is 0.325 e. The largest absolute Gasteiger partial charge is 0.494 e. The zero-order valence-electron chi connectivity index (χ0n) is 17.9. The molecule has 32 heavy (non-hydrogen) atoms. The number of carbonyl (C=O) groups is 3. The number of nitriles is 1. The van der Waals surface area contributed by atoms with Gasteiger partial charge in [0.1, 0.15) is 30.2 Å². The van der Waals surface area contributed by atoms with E-state index in [0.717, 1.165) is 10.6 Å². The highest BCUT2D eigenvalue weighted by atomic mass is 16.5. The molecule has 1 aliphatic rings. The fourth-order valence-electron chi connectivity index (χ4n) is 3.29. The summed E-state index contributed by atoms with van der Waals surface area (Å²) in [4.78, 5) is 38.4. The molecule has 3 rings (SSSR count). The molecule has 2 N–H and O–H groups in total. The first-order valence-corrected chi connectivity index (χ1v) is 10.1. The Morgan fingerprint density at radius 3 is 2.50 bits per heavy atom. The molecule has 0 saturated carbocycles. The summed E-state index contributed by atoms with van der Waals surface area (Å²) in [7, 11) is 0. The Kier molecular flexibility index (Phi) is 6.95. The van der Waals surface area contributed by atoms with Crippen molar-refractivity contribution in [1.82, 2.24) is 15.5 Å². The Hall–Kier alpha value is -4.06. The number of benzene rings is 2. The molecule has 1 heterocycles. The van der Waals surface area contributed by atoms with E-state index < -0.39 is 29.9 Å². The summed E-state index contributed by atoms with van der Waals surface area (Å²) < 4.78 is 10.9. The van der Waals surface area contributed by atoms with E-state index in [1.54, 1.807) is 55.5 Å². The maximum atomic E-state index is 12.9. The van der Waals surface area contributed by atoms with Crippen molar-refractivity contribution < 1.29 is 23.9 Å². The normalized spacial score (nSPS) is 17.5. The lowest BCUT2D eigenvalue weighted by Crippen LogP contribution is -2.43. The predicted octanol–water partition coefficient (Wildman–Crippen LogP) is 1.92. The molecule has 2 aromatic carbocycles. The minimum absolute atomic E-state index is 0.206. The van der Waals surface area contributed by atoms with E-state index in [2.05, 4.69) is 10.6 Å². The molecule has 1 fully saturated rings. The molecule has 9 heteroatoms. The molecular weight excluding hydrogens is 412 g/mol. The number of hydrogen-bond donors (Lipinski definition) is 2. The van der Waals surface area contributed by atoms with E-state index in [1.165, 1.54) is 0 Å². The van der Waals surface area contributed by atoms with Crippen molar-refractivity contribution in [3.8, 4) is 17.6 Å². The Morgan fingerprint density at radius 1 is 1.16 bits per heavy atom. The second kappa shape index (κ2) is 9.83. The zero-order valence-corrected chi connectivity index (χ0v) is 17.9. The van der Waals surface area contributed by atoms with Crippen molar-refractivity contribution in [3.05, 3.63) is 59.7 Å². The van der Waals surface area contributed by atoms with Gasteiger partial charge in [0.15, 0.2) is 0 Å². The van der Waals surface area contributed by atoms with Crippen molar-refractivity contribution >= 4 is 17.8 Å². The third-order valence-corrected chi connectivity index (χ3v) is 4.97. The van der Waals surface area contributed by atoms with Gasteiger partial charge in [0.25, 0.3) is 5.91 Å². The van der Waals surface area contributed by atoms with Crippen LogP contribution in [-0.4, -0.2) is 49.0 Å². The van der Waals surface area contributed by atoms with Crippen molar-refractivity contribution in [2.75, 3.05) is 26.3 Å². The molecule has 9 nitrogen and oxygen atoms in total. The van der Waals surface area contributed by atoms with Crippen LogP contribution in [0.5, 0.6) is 11.5 Å². The summed E-state index contributed by atoms with van der Waals surface area (Å²) in [6.45, 7) is 4.04. The van der Waals surface area contributed by atoms with Gasteiger partial charge in [-0.15, -0.1) is 0 Å². The van der Waals surface area contributed by atoms with Crippen LogP contribution in [0.4, 0.5) is 4.79 Å². The molecule has 0 radical (unpaired) electrons. The van der Waals surface area contributed by atoms with Gasteiger partial charge in [0, 0.05) is 0 Å². The van der Waals surface area contributed by atoms with Crippen LogP contribution in [0, 0.1) is 11.3 Å². The van der Waals surface area contributed by atoms with Crippen molar-refractivity contribution in [1.29, 1.82) is 5.26 Å². The Balaban J connectivity index is 1.51. The molecule has 1 saturated heterocycles. The van der Waals surface area contributed by atoms with E-state index in [-0.39, 0.29) is 13.2 Å². The zero-order chi connectivity index (χ0) is 23.1. The van der Waals surface area contributed by atoms with Crippen LogP contribution in [0.15, 0.2) is 48.5 Å². The number of nitrogens with zero attached hydrogens (tertiary/aromatic N) is 2. The first-order chi connectivity index (χ1) is 15.4. The molecule has 1 unspecified atom stereocenters. The first-order valence-electron chi connectivity index (χ1n) is 10.1. The van der Waals surface area contributed by atoms with Gasteiger partial charge in [-0.1, -0.05) is 12.1 Å². The van der Waals surface area contributed by atoms with Crippen LogP contribution < -0.4 is 20.1 Å². The second-order valence-electron chi connectivity index (χ2n) is 7.24. The SMILES string of the molecule is CCOc1ccc(OCCNC(=O)CN2C(=O)NC(C)(c3cccc(C#N)c3)C2=O)cc1. The molecular formula is C23H24N4O5. The summed E-state index contributed by atoms with van der Waals surface area (Å²) in [5.74, 6) is 0.331. The van der Waals surface area contributed by atoms with Gasteiger partial charge >= 0.3 is 6.03 Å². The average Bonchev–Trinajstić information content (AvgIpc) is 3.02. The van der Waals surface area contributed by atoms with Crippen molar-refractivity contribution in [2.24, 2.45) is 0 Å². The van der Waals surface area contributed by atoms with Crippen molar-refractivity contribution in [2.45, 2.75) is 19.4 Å². The summed E-state index contributed by atoms with van der Waals surface area (Å²) in [6, 6.07) is 14.9. The van der Waals surface area contributed by atoms with Crippen LogP contribution in [-0.2, 0) is 15.1 Å². The topological polar surface area (TPSA) is 121 Å². The lowest BCUT2D eigenvalue weighted by atomic mass is 9.91.